The molecule has 6 nitrogen and oxygen atoms in total. The van der Waals surface area contributed by atoms with Gasteiger partial charge in [-0.2, -0.15) is 0 Å². The second-order valence-corrected chi connectivity index (χ2v) is 8.12. The van der Waals surface area contributed by atoms with E-state index in [9.17, 15) is 9.59 Å². The number of carbonyl (C=O) groups excluding carboxylic acids is 1. The first kappa shape index (κ1) is 21.3. The van der Waals surface area contributed by atoms with Gasteiger partial charge in [0.15, 0.2) is 5.75 Å². The van der Waals surface area contributed by atoms with Crippen LogP contribution >= 0.6 is 23.2 Å². The Balaban J connectivity index is 1.49. The molecule has 0 N–H and O–H groups in total. The summed E-state index contributed by atoms with van der Waals surface area (Å²) < 4.78 is 7.03. The van der Waals surface area contributed by atoms with E-state index in [1.165, 1.54) is 17.0 Å². The summed E-state index contributed by atoms with van der Waals surface area (Å²) in [6.45, 7) is 4.09. The number of halogens is 2. The van der Waals surface area contributed by atoms with Gasteiger partial charge in [-0.1, -0.05) is 35.3 Å². The van der Waals surface area contributed by atoms with Gasteiger partial charge in [0.05, 0.1) is 27.3 Å². The molecular formula is C23H19Cl2N3O3. The van der Waals surface area contributed by atoms with Gasteiger partial charge in [0, 0.05) is 24.0 Å². The topological polar surface area (TPSA) is 74.1 Å². The zero-order valence-electron chi connectivity index (χ0n) is 17.0. The highest BCUT2D eigenvalue weighted by Gasteiger charge is 2.17. The van der Waals surface area contributed by atoms with Crippen molar-refractivity contribution in [1.82, 2.24) is 14.5 Å². The minimum absolute atomic E-state index is 0.102. The van der Waals surface area contributed by atoms with Gasteiger partial charge in [0.25, 0.3) is 5.56 Å². The number of fused-ring (bicyclic) bond motifs is 2. The Morgan fingerprint density at radius 2 is 1.87 bits per heavy atom. The maximum atomic E-state index is 12.7. The number of pyridine rings is 1. The van der Waals surface area contributed by atoms with Crippen LogP contribution in [0.3, 0.4) is 0 Å². The lowest BCUT2D eigenvalue weighted by Crippen LogP contribution is -2.21. The van der Waals surface area contributed by atoms with Gasteiger partial charge in [-0.3, -0.25) is 14.2 Å². The third-order valence-corrected chi connectivity index (χ3v) is 5.62. The molecule has 31 heavy (non-hydrogen) atoms. The van der Waals surface area contributed by atoms with Crippen LogP contribution in [0, 0.1) is 13.8 Å². The number of ether oxygens (including phenoxy) is 1. The Morgan fingerprint density at radius 1 is 1.06 bits per heavy atom. The second kappa shape index (κ2) is 8.65. The number of para-hydroxylation sites is 1. The number of hydrogen-bond acceptors (Lipinski definition) is 5. The highest BCUT2D eigenvalue weighted by molar-refractivity contribution is 6.39. The fourth-order valence-electron chi connectivity index (χ4n) is 3.44. The van der Waals surface area contributed by atoms with E-state index in [2.05, 4.69) is 9.97 Å². The molecule has 0 aliphatic heterocycles. The Labute approximate surface area is 188 Å². The average Bonchev–Trinajstić information content (AvgIpc) is 2.73. The first-order chi connectivity index (χ1) is 14.8. The van der Waals surface area contributed by atoms with Gasteiger partial charge < -0.3 is 4.74 Å². The summed E-state index contributed by atoms with van der Waals surface area (Å²) >= 11 is 12.5. The fraction of sp³-hybridized carbons (Fsp3) is 0.217. The van der Waals surface area contributed by atoms with Crippen LogP contribution in [-0.2, 0) is 11.3 Å². The van der Waals surface area contributed by atoms with E-state index in [4.69, 9.17) is 27.9 Å². The molecule has 0 aliphatic rings. The van der Waals surface area contributed by atoms with Crippen molar-refractivity contribution >= 4 is 51.0 Å². The summed E-state index contributed by atoms with van der Waals surface area (Å²) in [5.74, 6) is -0.277. The van der Waals surface area contributed by atoms with Crippen molar-refractivity contribution in [2.24, 2.45) is 0 Å². The van der Waals surface area contributed by atoms with E-state index in [-0.39, 0.29) is 22.8 Å². The minimum atomic E-state index is -0.466. The maximum absolute atomic E-state index is 12.7. The summed E-state index contributed by atoms with van der Waals surface area (Å²) in [5, 5.41) is 1.87. The Morgan fingerprint density at radius 3 is 2.68 bits per heavy atom. The van der Waals surface area contributed by atoms with Crippen molar-refractivity contribution in [1.29, 1.82) is 0 Å². The molecule has 0 saturated carbocycles. The smallest absolute Gasteiger partial charge is 0.311 e. The standard InChI is InChI=1S/C23H19Cl2N3O3/c1-13-5-3-6-16-20(13)26-12-28(23(16)30)10-4-7-19(29)31-22-18(25)11-17(24)15-9-8-14(2)27-21(15)22/h3,5-6,8-9,11-12H,4,7,10H2,1-2H3. The molecule has 4 aromatic rings. The third-order valence-electron chi connectivity index (χ3n) is 5.03. The summed E-state index contributed by atoms with van der Waals surface area (Å²) in [4.78, 5) is 33.9. The number of rotatable bonds is 5. The molecule has 8 heteroatoms. The van der Waals surface area contributed by atoms with Crippen molar-refractivity contribution in [2.75, 3.05) is 0 Å². The van der Waals surface area contributed by atoms with Crippen LogP contribution in [0.25, 0.3) is 21.8 Å². The first-order valence-corrected chi connectivity index (χ1v) is 10.5. The van der Waals surface area contributed by atoms with E-state index in [0.717, 1.165) is 11.3 Å². The summed E-state index contributed by atoms with van der Waals surface area (Å²) in [7, 11) is 0. The molecule has 0 unspecified atom stereocenters. The fourth-order valence-corrected chi connectivity index (χ4v) is 4.00. The van der Waals surface area contributed by atoms with Gasteiger partial charge in [-0.05, 0) is 50.1 Å². The third kappa shape index (κ3) is 4.27. The molecule has 0 bridgehead atoms. The monoisotopic (exact) mass is 455 g/mol. The van der Waals surface area contributed by atoms with E-state index in [1.54, 1.807) is 6.07 Å². The number of esters is 1. The van der Waals surface area contributed by atoms with E-state index in [1.807, 2.05) is 38.1 Å². The quantitative estimate of drug-likeness (QED) is 0.303. The normalized spacial score (nSPS) is 11.2. The average molecular weight is 456 g/mol. The number of carbonyl (C=O) groups is 1. The highest BCUT2D eigenvalue weighted by Crippen LogP contribution is 2.37. The minimum Gasteiger partial charge on any atom is -0.423 e. The van der Waals surface area contributed by atoms with Gasteiger partial charge in [-0.15, -0.1) is 0 Å². The molecule has 2 aromatic carbocycles. The Kier molecular flexibility index (Phi) is 5.94. The van der Waals surface area contributed by atoms with Crippen molar-refractivity contribution in [3.8, 4) is 5.75 Å². The van der Waals surface area contributed by atoms with Gasteiger partial charge in [0.2, 0.25) is 0 Å². The molecular weight excluding hydrogens is 437 g/mol. The summed E-state index contributed by atoms with van der Waals surface area (Å²) in [5.41, 5.74) is 2.70. The number of aryl methyl sites for hydroxylation is 3. The van der Waals surface area contributed by atoms with Gasteiger partial charge in [-0.25, -0.2) is 9.97 Å². The Hall–Kier alpha value is -2.96. The molecule has 0 saturated heterocycles. The molecule has 2 aromatic heterocycles. The van der Waals surface area contributed by atoms with Crippen LogP contribution in [-0.4, -0.2) is 20.5 Å². The van der Waals surface area contributed by atoms with Crippen LogP contribution < -0.4 is 10.3 Å². The van der Waals surface area contributed by atoms with Gasteiger partial charge in [0.1, 0.15) is 5.52 Å². The zero-order chi connectivity index (χ0) is 22.1. The SMILES string of the molecule is Cc1ccc2c(Cl)cc(Cl)c(OC(=O)CCCn3cnc4c(C)cccc4c3=O)c2n1. The van der Waals surface area contributed by atoms with Crippen molar-refractivity contribution in [3.05, 3.63) is 74.4 Å². The lowest BCUT2D eigenvalue weighted by Gasteiger charge is -2.11. The molecule has 0 amide bonds. The van der Waals surface area contributed by atoms with Crippen LogP contribution in [0.2, 0.25) is 10.0 Å². The molecule has 0 atom stereocenters. The molecule has 0 fully saturated rings. The van der Waals surface area contributed by atoms with Crippen LogP contribution in [0.5, 0.6) is 5.75 Å². The maximum Gasteiger partial charge on any atom is 0.311 e. The summed E-state index contributed by atoms with van der Waals surface area (Å²) in [6.07, 6.45) is 2.02. The lowest BCUT2D eigenvalue weighted by molar-refractivity contribution is -0.134. The highest BCUT2D eigenvalue weighted by atomic mass is 35.5. The zero-order valence-corrected chi connectivity index (χ0v) is 18.5. The number of hydrogen-bond donors (Lipinski definition) is 0. The molecule has 0 aliphatic carbocycles. The Bertz CT molecular complexity index is 1380. The lowest BCUT2D eigenvalue weighted by atomic mass is 10.1. The number of nitrogens with zero attached hydrogens (tertiary/aromatic N) is 3. The van der Waals surface area contributed by atoms with Crippen LogP contribution in [0.4, 0.5) is 0 Å². The molecule has 158 valence electrons. The predicted octanol–water partition coefficient (Wildman–Crippen LogP) is 5.25. The van der Waals surface area contributed by atoms with Crippen molar-refractivity contribution in [2.45, 2.75) is 33.2 Å². The predicted molar refractivity (Wildman–Crippen MR) is 122 cm³/mol. The van der Waals surface area contributed by atoms with Crippen molar-refractivity contribution in [3.63, 3.8) is 0 Å². The van der Waals surface area contributed by atoms with Crippen LogP contribution in [0.1, 0.15) is 24.1 Å². The van der Waals surface area contributed by atoms with Gasteiger partial charge >= 0.3 is 5.97 Å². The van der Waals surface area contributed by atoms with E-state index in [0.29, 0.717) is 39.8 Å². The van der Waals surface area contributed by atoms with E-state index >= 15 is 0 Å². The summed E-state index contributed by atoms with van der Waals surface area (Å²) in [6, 6.07) is 10.7. The number of aromatic nitrogens is 3. The second-order valence-electron chi connectivity index (χ2n) is 7.31. The van der Waals surface area contributed by atoms with E-state index < -0.39 is 5.97 Å². The first-order valence-electron chi connectivity index (χ1n) is 9.76. The number of benzene rings is 2. The van der Waals surface area contributed by atoms with Crippen molar-refractivity contribution < 1.29 is 9.53 Å². The molecule has 4 rings (SSSR count). The largest absolute Gasteiger partial charge is 0.423 e. The molecule has 0 radical (unpaired) electrons. The molecule has 0 spiro atoms. The molecule has 2 heterocycles. The van der Waals surface area contributed by atoms with Crippen LogP contribution in [0.15, 0.2) is 47.5 Å².